The molecule has 10 heavy (non-hydrogen) atoms. The summed E-state index contributed by atoms with van der Waals surface area (Å²) in [5, 5.41) is 0. The van der Waals surface area contributed by atoms with Gasteiger partial charge in [-0.2, -0.15) is 0 Å². The van der Waals surface area contributed by atoms with Crippen molar-refractivity contribution in [3.8, 4) is 0 Å². The second-order valence-corrected chi connectivity index (χ2v) is 1.22. The quantitative estimate of drug-likeness (QED) is 0.226. The summed E-state index contributed by atoms with van der Waals surface area (Å²) in [6, 6.07) is 0. The summed E-state index contributed by atoms with van der Waals surface area (Å²) in [7, 11) is -5.17. The zero-order valence-corrected chi connectivity index (χ0v) is 17.9. The van der Waals surface area contributed by atoms with E-state index in [-0.39, 0.29) is 148 Å². The van der Waals surface area contributed by atoms with Crippen molar-refractivity contribution in [2.45, 2.75) is 0 Å². The molecule has 0 heterocycles. The van der Waals surface area contributed by atoms with Crippen molar-refractivity contribution in [3.05, 3.63) is 0 Å². The van der Waals surface area contributed by atoms with Gasteiger partial charge in [-0.05, 0) is 0 Å². The normalized spacial score (nSPS) is 5.80. The Hall–Kier alpha value is 4.87. The molecule has 0 aromatic heterocycles. The third-order valence-corrected chi connectivity index (χ3v) is 0. The van der Waals surface area contributed by atoms with E-state index >= 15 is 0 Å². The zero-order chi connectivity index (χ0) is 4.50. The maximum absolute atomic E-state index is 8.52. The van der Waals surface area contributed by atoms with Gasteiger partial charge in [-0.3, -0.25) is 8.42 Å². The topological polar surface area (TPSA) is 80.3 Å². The average Bonchev–Trinajstić information content (AvgIpc) is 0.722. The first kappa shape index (κ1) is 36.4. The Morgan fingerprint density at radius 3 is 0.700 bits per heavy atom. The van der Waals surface area contributed by atoms with Crippen molar-refractivity contribution < 1.29 is 165 Å². The number of hydrogen-bond acceptors (Lipinski definition) is 4. The van der Waals surface area contributed by atoms with Crippen LogP contribution >= 0.6 is 0 Å². The molecule has 0 aromatic rings. The van der Waals surface area contributed by atoms with E-state index in [1.54, 1.807) is 0 Å². The SMILES string of the molecule is O=S(=O)([O-])[O-].[Na+].[Na+].[Na+].[Na+].[Na+]. The number of hydrogen-bond donors (Lipinski definition) is 0. The van der Waals surface area contributed by atoms with Crippen LogP contribution in [-0.2, 0) is 10.4 Å². The van der Waals surface area contributed by atoms with Gasteiger partial charge in [-0.15, -0.1) is 0 Å². The van der Waals surface area contributed by atoms with Crippen LogP contribution in [0.3, 0.4) is 0 Å². The van der Waals surface area contributed by atoms with E-state index in [9.17, 15) is 0 Å². The average molecular weight is 211 g/mol. The van der Waals surface area contributed by atoms with Gasteiger partial charge in [0.2, 0.25) is 0 Å². The Labute approximate surface area is 171 Å². The molecule has 0 aromatic carbocycles. The van der Waals surface area contributed by atoms with Crippen molar-refractivity contribution in [1.29, 1.82) is 0 Å². The molecule has 0 amide bonds. The molecule has 0 aliphatic rings. The molecule has 0 N–H and O–H groups in total. The third kappa shape index (κ3) is 76.5. The van der Waals surface area contributed by atoms with Gasteiger partial charge in [0.05, 0.1) is 0 Å². The molecule has 0 rings (SSSR count). The molecule has 4 nitrogen and oxygen atoms in total. The van der Waals surface area contributed by atoms with Crippen molar-refractivity contribution in [1.82, 2.24) is 0 Å². The zero-order valence-electron chi connectivity index (χ0n) is 7.04. The first-order valence-electron chi connectivity index (χ1n) is 0.667. The summed E-state index contributed by atoms with van der Waals surface area (Å²) in [5.74, 6) is 0. The minimum absolute atomic E-state index is 0. The summed E-state index contributed by atoms with van der Waals surface area (Å²) in [6.07, 6.45) is 0. The maximum Gasteiger partial charge on any atom is 1.00 e. The van der Waals surface area contributed by atoms with E-state index in [4.69, 9.17) is 17.5 Å². The van der Waals surface area contributed by atoms with Crippen LogP contribution in [-0.4, -0.2) is 17.5 Å². The van der Waals surface area contributed by atoms with Crippen molar-refractivity contribution >= 4 is 10.4 Å². The summed E-state index contributed by atoms with van der Waals surface area (Å²) in [6.45, 7) is 0. The van der Waals surface area contributed by atoms with Gasteiger partial charge in [0.25, 0.3) is 0 Å². The molecule has 0 saturated heterocycles. The van der Waals surface area contributed by atoms with Gasteiger partial charge in [-0.1, -0.05) is 0 Å². The monoisotopic (exact) mass is 211 g/mol. The van der Waals surface area contributed by atoms with Gasteiger partial charge in [0.1, 0.15) is 0 Å². The van der Waals surface area contributed by atoms with Crippen LogP contribution in [0.1, 0.15) is 0 Å². The summed E-state index contributed by atoms with van der Waals surface area (Å²) < 4.78 is 34.1. The van der Waals surface area contributed by atoms with E-state index in [1.165, 1.54) is 0 Å². The van der Waals surface area contributed by atoms with Crippen LogP contribution in [0.4, 0.5) is 0 Å². The predicted octanol–water partition coefficient (Wildman–Crippen LogP) is -16.3. The van der Waals surface area contributed by atoms with E-state index in [0.29, 0.717) is 0 Å². The van der Waals surface area contributed by atoms with Crippen LogP contribution < -0.4 is 148 Å². The van der Waals surface area contributed by atoms with Crippen LogP contribution in [0.15, 0.2) is 0 Å². The minimum Gasteiger partial charge on any atom is -0.759 e. The smallest absolute Gasteiger partial charge is 0.759 e. The van der Waals surface area contributed by atoms with Crippen LogP contribution in [0, 0.1) is 0 Å². The number of rotatable bonds is 0. The Balaban J connectivity index is -0.00000000800. The van der Waals surface area contributed by atoms with Crippen LogP contribution in [0.5, 0.6) is 0 Å². The molecule has 0 bridgehead atoms. The Morgan fingerprint density at radius 2 is 0.700 bits per heavy atom. The Morgan fingerprint density at radius 1 is 0.700 bits per heavy atom. The molecular weight excluding hydrogens is 211 g/mol. The van der Waals surface area contributed by atoms with Crippen LogP contribution in [0.25, 0.3) is 0 Å². The minimum atomic E-state index is -5.17. The van der Waals surface area contributed by atoms with Gasteiger partial charge in [0.15, 0.2) is 0 Å². The molecule has 10 heteroatoms. The second kappa shape index (κ2) is 19.4. The van der Waals surface area contributed by atoms with E-state index in [2.05, 4.69) is 0 Å². The largest absolute Gasteiger partial charge is 1.00 e. The molecular formula is Na5O4S+3. The van der Waals surface area contributed by atoms with E-state index < -0.39 is 10.4 Å². The molecule has 0 radical (unpaired) electrons. The first-order valence-corrected chi connectivity index (χ1v) is 2.00. The Bertz CT molecular complexity index is 96.8. The van der Waals surface area contributed by atoms with Gasteiger partial charge in [-0.25, -0.2) is 0 Å². The summed E-state index contributed by atoms with van der Waals surface area (Å²) in [4.78, 5) is 0. The molecule has 0 saturated carbocycles. The first-order chi connectivity index (χ1) is 2.00. The maximum atomic E-state index is 8.52. The molecule has 32 valence electrons. The van der Waals surface area contributed by atoms with Gasteiger partial charge >= 0.3 is 148 Å². The van der Waals surface area contributed by atoms with E-state index in [0.717, 1.165) is 0 Å². The molecule has 0 aliphatic heterocycles. The summed E-state index contributed by atoms with van der Waals surface area (Å²) >= 11 is 0. The van der Waals surface area contributed by atoms with Gasteiger partial charge < -0.3 is 9.11 Å². The molecule has 0 spiro atoms. The standard InChI is InChI=1S/5Na.H2O4S/c;;;;;1-5(2,3)4/h;;;;;(H2,1,2,3,4)/q5*+1;/p-2. The third-order valence-electron chi connectivity index (χ3n) is 0. The molecule has 0 unspecified atom stereocenters. The fourth-order valence-corrected chi connectivity index (χ4v) is 0. The fraction of sp³-hybridized carbons (Fsp3) is 0. The summed E-state index contributed by atoms with van der Waals surface area (Å²) in [5.41, 5.74) is 0. The van der Waals surface area contributed by atoms with Crippen molar-refractivity contribution in [3.63, 3.8) is 0 Å². The second-order valence-electron chi connectivity index (χ2n) is 0.408. The van der Waals surface area contributed by atoms with Crippen molar-refractivity contribution in [2.75, 3.05) is 0 Å². The van der Waals surface area contributed by atoms with Crippen molar-refractivity contribution in [2.24, 2.45) is 0 Å². The molecule has 0 fully saturated rings. The molecule has 0 atom stereocenters. The molecule has 0 aliphatic carbocycles. The van der Waals surface area contributed by atoms with E-state index in [1.807, 2.05) is 0 Å². The predicted molar refractivity (Wildman–Crippen MR) is 10.5 cm³/mol. The fourth-order valence-electron chi connectivity index (χ4n) is 0. The van der Waals surface area contributed by atoms with Gasteiger partial charge in [0, 0.05) is 10.4 Å². The van der Waals surface area contributed by atoms with Crippen LogP contribution in [0.2, 0.25) is 0 Å². The Kier molecular flexibility index (Phi) is 70.7.